The molecule has 1 aromatic heterocycles. The van der Waals surface area contributed by atoms with Crippen LogP contribution in [-0.2, 0) is 22.6 Å². The van der Waals surface area contributed by atoms with Crippen molar-refractivity contribution in [3.63, 3.8) is 0 Å². The minimum atomic E-state index is 0.103. The molecule has 0 bridgehead atoms. The van der Waals surface area contributed by atoms with Crippen molar-refractivity contribution in [2.24, 2.45) is 0 Å². The van der Waals surface area contributed by atoms with Crippen LogP contribution < -0.4 is 5.32 Å². The topological polar surface area (TPSA) is 43.6 Å². The van der Waals surface area contributed by atoms with Gasteiger partial charge in [-0.15, -0.1) is 0 Å². The molecule has 114 valence electrons. The first kappa shape index (κ1) is 15.5. The normalized spacial score (nSPS) is 20.2. The first-order chi connectivity index (χ1) is 9.54. The summed E-state index contributed by atoms with van der Waals surface area (Å²) in [6.07, 6.45) is 5.52. The summed E-state index contributed by atoms with van der Waals surface area (Å²) in [6, 6.07) is 2.01. The zero-order valence-electron chi connectivity index (χ0n) is 12.9. The van der Waals surface area contributed by atoms with Crippen molar-refractivity contribution in [1.29, 1.82) is 0 Å². The van der Waals surface area contributed by atoms with Gasteiger partial charge in [0, 0.05) is 24.3 Å². The van der Waals surface area contributed by atoms with E-state index in [1.807, 2.05) is 6.07 Å². The van der Waals surface area contributed by atoms with E-state index >= 15 is 0 Å². The van der Waals surface area contributed by atoms with E-state index in [1.165, 1.54) is 18.4 Å². The zero-order valence-corrected chi connectivity index (χ0v) is 12.9. The summed E-state index contributed by atoms with van der Waals surface area (Å²) < 4.78 is 16.9. The number of rotatable bonds is 6. The Kier molecular flexibility index (Phi) is 5.64. The SMILES string of the molecule is CC(C)(C)NCc1ccoc1COCC1CCCCO1. The first-order valence-electron chi connectivity index (χ1n) is 7.54. The molecule has 1 saturated heterocycles. The lowest BCUT2D eigenvalue weighted by molar-refractivity contribution is -0.0473. The molecule has 1 aromatic rings. The molecule has 4 nitrogen and oxygen atoms in total. The van der Waals surface area contributed by atoms with Gasteiger partial charge < -0.3 is 19.2 Å². The summed E-state index contributed by atoms with van der Waals surface area (Å²) in [5.74, 6) is 0.914. The van der Waals surface area contributed by atoms with Gasteiger partial charge in [-0.2, -0.15) is 0 Å². The fourth-order valence-electron chi connectivity index (χ4n) is 2.23. The molecule has 4 heteroatoms. The van der Waals surface area contributed by atoms with Crippen LogP contribution in [0.2, 0.25) is 0 Å². The van der Waals surface area contributed by atoms with Crippen LogP contribution in [0.3, 0.4) is 0 Å². The first-order valence-corrected chi connectivity index (χ1v) is 7.54. The van der Waals surface area contributed by atoms with Crippen LogP contribution in [-0.4, -0.2) is 24.9 Å². The van der Waals surface area contributed by atoms with Crippen molar-refractivity contribution in [2.45, 2.75) is 64.8 Å². The number of furan rings is 1. The summed E-state index contributed by atoms with van der Waals surface area (Å²) >= 11 is 0. The molecule has 0 saturated carbocycles. The minimum Gasteiger partial charge on any atom is -0.467 e. The molecule has 1 aliphatic rings. The molecule has 1 aliphatic heterocycles. The maximum Gasteiger partial charge on any atom is 0.133 e. The molecule has 1 N–H and O–H groups in total. The lowest BCUT2D eigenvalue weighted by Gasteiger charge is -2.22. The van der Waals surface area contributed by atoms with Gasteiger partial charge in [0.25, 0.3) is 0 Å². The summed E-state index contributed by atoms with van der Waals surface area (Å²) in [5, 5.41) is 3.46. The van der Waals surface area contributed by atoms with Crippen molar-refractivity contribution in [1.82, 2.24) is 5.32 Å². The monoisotopic (exact) mass is 281 g/mol. The minimum absolute atomic E-state index is 0.103. The van der Waals surface area contributed by atoms with Gasteiger partial charge in [0.15, 0.2) is 0 Å². The van der Waals surface area contributed by atoms with E-state index in [1.54, 1.807) is 6.26 Å². The average molecular weight is 281 g/mol. The average Bonchev–Trinajstić information content (AvgIpc) is 2.84. The highest BCUT2D eigenvalue weighted by atomic mass is 16.5. The van der Waals surface area contributed by atoms with Crippen LogP contribution in [0.15, 0.2) is 16.7 Å². The molecule has 2 rings (SSSR count). The van der Waals surface area contributed by atoms with E-state index in [-0.39, 0.29) is 11.6 Å². The predicted molar refractivity (Wildman–Crippen MR) is 78.5 cm³/mol. The van der Waals surface area contributed by atoms with Crippen molar-refractivity contribution in [3.05, 3.63) is 23.7 Å². The van der Waals surface area contributed by atoms with Crippen LogP contribution in [0.4, 0.5) is 0 Å². The Morgan fingerprint density at radius 2 is 2.20 bits per heavy atom. The third-order valence-corrected chi connectivity index (χ3v) is 3.46. The molecule has 0 aliphatic carbocycles. The Labute approximate surface area is 121 Å². The largest absolute Gasteiger partial charge is 0.467 e. The maximum absolute atomic E-state index is 5.74. The molecule has 1 unspecified atom stereocenters. The molecular formula is C16H27NO3. The Balaban J connectivity index is 1.74. The molecule has 0 aromatic carbocycles. The molecule has 20 heavy (non-hydrogen) atoms. The molecule has 0 spiro atoms. The van der Waals surface area contributed by atoms with Gasteiger partial charge in [-0.25, -0.2) is 0 Å². The van der Waals surface area contributed by atoms with Crippen molar-refractivity contribution >= 4 is 0 Å². The van der Waals surface area contributed by atoms with E-state index in [0.717, 1.165) is 25.3 Å². The molecule has 2 heterocycles. The van der Waals surface area contributed by atoms with Crippen LogP contribution in [0.5, 0.6) is 0 Å². The Morgan fingerprint density at radius 1 is 1.35 bits per heavy atom. The number of hydrogen-bond donors (Lipinski definition) is 1. The smallest absolute Gasteiger partial charge is 0.133 e. The second-order valence-corrected chi connectivity index (χ2v) is 6.48. The molecule has 0 amide bonds. The third-order valence-electron chi connectivity index (χ3n) is 3.46. The van der Waals surface area contributed by atoms with Gasteiger partial charge in [0.1, 0.15) is 12.4 Å². The maximum atomic E-state index is 5.74. The molecule has 1 atom stereocenters. The lowest BCUT2D eigenvalue weighted by atomic mass is 10.1. The second-order valence-electron chi connectivity index (χ2n) is 6.48. The van der Waals surface area contributed by atoms with Crippen LogP contribution >= 0.6 is 0 Å². The van der Waals surface area contributed by atoms with Crippen LogP contribution in [0.25, 0.3) is 0 Å². The predicted octanol–water partition coefficient (Wildman–Crippen LogP) is 3.25. The van der Waals surface area contributed by atoms with E-state index in [0.29, 0.717) is 13.2 Å². The third kappa shape index (κ3) is 5.27. The van der Waals surface area contributed by atoms with E-state index < -0.39 is 0 Å². The van der Waals surface area contributed by atoms with Gasteiger partial charge in [-0.05, 0) is 46.1 Å². The van der Waals surface area contributed by atoms with Gasteiger partial charge >= 0.3 is 0 Å². The summed E-state index contributed by atoms with van der Waals surface area (Å²) in [4.78, 5) is 0. The second kappa shape index (κ2) is 7.25. The number of hydrogen-bond acceptors (Lipinski definition) is 4. The Bertz CT molecular complexity index is 389. The highest BCUT2D eigenvalue weighted by Gasteiger charge is 2.15. The van der Waals surface area contributed by atoms with Gasteiger partial charge in [-0.1, -0.05) is 0 Å². The van der Waals surface area contributed by atoms with E-state index in [9.17, 15) is 0 Å². The van der Waals surface area contributed by atoms with Crippen molar-refractivity contribution < 1.29 is 13.9 Å². The van der Waals surface area contributed by atoms with Gasteiger partial charge in [-0.3, -0.25) is 0 Å². The number of ether oxygens (including phenoxy) is 2. The fourth-order valence-corrected chi connectivity index (χ4v) is 2.23. The summed E-state index contributed by atoms with van der Waals surface area (Å²) in [5.41, 5.74) is 1.27. The number of nitrogens with one attached hydrogen (secondary N) is 1. The molecular weight excluding hydrogens is 254 g/mol. The van der Waals surface area contributed by atoms with Crippen molar-refractivity contribution in [2.75, 3.05) is 13.2 Å². The highest BCUT2D eigenvalue weighted by Crippen LogP contribution is 2.16. The van der Waals surface area contributed by atoms with Gasteiger partial charge in [0.2, 0.25) is 0 Å². The quantitative estimate of drug-likeness (QED) is 0.869. The van der Waals surface area contributed by atoms with E-state index in [4.69, 9.17) is 13.9 Å². The molecule has 1 fully saturated rings. The standard InChI is InChI=1S/C16H27NO3/c1-16(2,3)17-10-13-7-9-20-15(13)12-18-11-14-6-4-5-8-19-14/h7,9,14,17H,4-6,8,10-12H2,1-3H3. The van der Waals surface area contributed by atoms with Crippen LogP contribution in [0, 0.1) is 0 Å². The van der Waals surface area contributed by atoms with Gasteiger partial charge in [0.05, 0.1) is 19.0 Å². The summed E-state index contributed by atoms with van der Waals surface area (Å²) in [6.45, 7) is 9.33. The summed E-state index contributed by atoms with van der Waals surface area (Å²) in [7, 11) is 0. The zero-order chi connectivity index (χ0) is 14.4. The van der Waals surface area contributed by atoms with Crippen LogP contribution in [0.1, 0.15) is 51.4 Å². The van der Waals surface area contributed by atoms with Crippen molar-refractivity contribution in [3.8, 4) is 0 Å². The van der Waals surface area contributed by atoms with E-state index in [2.05, 4.69) is 26.1 Å². The Hall–Kier alpha value is -0.840. The highest BCUT2D eigenvalue weighted by molar-refractivity contribution is 5.16. The lowest BCUT2D eigenvalue weighted by Crippen LogP contribution is -2.35. The molecule has 0 radical (unpaired) electrons. The fraction of sp³-hybridized carbons (Fsp3) is 0.750. The Morgan fingerprint density at radius 3 is 2.90 bits per heavy atom.